The second kappa shape index (κ2) is 5.68. The average molecular weight is 209 g/mol. The molecule has 0 fully saturated rings. The van der Waals surface area contributed by atoms with Crippen molar-refractivity contribution in [2.75, 3.05) is 25.7 Å². The van der Waals surface area contributed by atoms with Gasteiger partial charge in [-0.05, 0) is 13.0 Å². The van der Waals surface area contributed by atoms with Crippen LogP contribution in [0.5, 0.6) is 0 Å². The molecule has 2 N–H and O–H groups in total. The minimum Gasteiger partial charge on any atom is -0.383 e. The first kappa shape index (κ1) is 11.9. The summed E-state index contributed by atoms with van der Waals surface area (Å²) in [5.74, 6) is 0. The first-order valence-electron chi connectivity index (χ1n) is 5.05. The van der Waals surface area contributed by atoms with E-state index >= 15 is 0 Å². The number of ether oxygens (including phenoxy) is 1. The summed E-state index contributed by atoms with van der Waals surface area (Å²) in [4.78, 5) is 6.23. The molecule has 0 bridgehead atoms. The quantitative estimate of drug-likeness (QED) is 0.786. The number of anilines is 1. The molecule has 15 heavy (non-hydrogen) atoms. The Morgan fingerprint density at radius 3 is 2.93 bits per heavy atom. The monoisotopic (exact) mass is 209 g/mol. The predicted octanol–water partition coefficient (Wildman–Crippen LogP) is 1.01. The van der Waals surface area contributed by atoms with Gasteiger partial charge < -0.3 is 15.4 Å². The van der Waals surface area contributed by atoms with Crippen LogP contribution in [-0.4, -0.2) is 31.8 Å². The third-order valence-corrected chi connectivity index (χ3v) is 2.55. The van der Waals surface area contributed by atoms with Crippen molar-refractivity contribution < 1.29 is 4.74 Å². The Kier molecular flexibility index (Phi) is 4.52. The van der Waals surface area contributed by atoms with Gasteiger partial charge in [-0.2, -0.15) is 0 Å². The van der Waals surface area contributed by atoms with Gasteiger partial charge in [0.15, 0.2) is 0 Å². The molecular weight excluding hydrogens is 190 g/mol. The van der Waals surface area contributed by atoms with E-state index in [2.05, 4.69) is 16.8 Å². The van der Waals surface area contributed by atoms with Gasteiger partial charge in [-0.3, -0.25) is 4.98 Å². The number of nitrogens with two attached hydrogens (primary N) is 1. The van der Waals surface area contributed by atoms with Crippen LogP contribution in [0, 0.1) is 0 Å². The molecular formula is C11H19N3O. The van der Waals surface area contributed by atoms with E-state index in [-0.39, 0.29) is 0 Å². The van der Waals surface area contributed by atoms with Crippen LogP contribution in [0.3, 0.4) is 0 Å². The summed E-state index contributed by atoms with van der Waals surface area (Å²) in [6.45, 7) is 3.32. The first-order valence-corrected chi connectivity index (χ1v) is 5.05. The topological polar surface area (TPSA) is 51.4 Å². The zero-order valence-corrected chi connectivity index (χ0v) is 9.60. The van der Waals surface area contributed by atoms with Crippen molar-refractivity contribution in [3.8, 4) is 0 Å². The van der Waals surface area contributed by atoms with Gasteiger partial charge in [0.25, 0.3) is 0 Å². The van der Waals surface area contributed by atoms with Gasteiger partial charge in [-0.1, -0.05) is 0 Å². The van der Waals surface area contributed by atoms with Crippen LogP contribution in [-0.2, 0) is 11.3 Å². The molecule has 0 amide bonds. The molecule has 0 saturated carbocycles. The minimum atomic E-state index is 0.322. The highest BCUT2D eigenvalue weighted by Crippen LogP contribution is 2.19. The van der Waals surface area contributed by atoms with E-state index in [1.165, 1.54) is 0 Å². The van der Waals surface area contributed by atoms with E-state index in [0.29, 0.717) is 19.2 Å². The van der Waals surface area contributed by atoms with E-state index < -0.39 is 0 Å². The Bertz CT molecular complexity index is 304. The maximum atomic E-state index is 5.66. The number of likely N-dealkylation sites (N-methyl/N-ethyl adjacent to an activating group) is 1. The van der Waals surface area contributed by atoms with Gasteiger partial charge in [-0.15, -0.1) is 0 Å². The van der Waals surface area contributed by atoms with Crippen molar-refractivity contribution >= 4 is 5.69 Å². The van der Waals surface area contributed by atoms with E-state index in [1.54, 1.807) is 13.3 Å². The molecule has 1 aromatic heterocycles. The molecule has 1 unspecified atom stereocenters. The summed E-state index contributed by atoms with van der Waals surface area (Å²) in [5, 5.41) is 0. The molecule has 0 aliphatic carbocycles. The van der Waals surface area contributed by atoms with Gasteiger partial charge in [0, 0.05) is 50.4 Å². The van der Waals surface area contributed by atoms with Crippen LogP contribution in [0.2, 0.25) is 0 Å². The number of methoxy groups -OCH3 is 1. The normalized spacial score (nSPS) is 12.5. The first-order chi connectivity index (χ1) is 7.20. The summed E-state index contributed by atoms with van der Waals surface area (Å²) in [5.41, 5.74) is 7.85. The van der Waals surface area contributed by atoms with Crippen molar-refractivity contribution in [2.45, 2.75) is 19.5 Å². The molecule has 0 aliphatic rings. The largest absolute Gasteiger partial charge is 0.383 e. The molecule has 1 heterocycles. The van der Waals surface area contributed by atoms with Crippen LogP contribution < -0.4 is 10.6 Å². The highest BCUT2D eigenvalue weighted by Gasteiger charge is 2.12. The van der Waals surface area contributed by atoms with Crippen LogP contribution in [0.15, 0.2) is 18.5 Å². The molecule has 0 aromatic carbocycles. The van der Waals surface area contributed by atoms with Gasteiger partial charge in [-0.25, -0.2) is 0 Å². The van der Waals surface area contributed by atoms with E-state index in [4.69, 9.17) is 10.5 Å². The second-order valence-corrected chi connectivity index (χ2v) is 3.62. The Balaban J connectivity index is 2.84. The van der Waals surface area contributed by atoms with Gasteiger partial charge in [0.1, 0.15) is 0 Å². The third-order valence-electron chi connectivity index (χ3n) is 2.55. The summed E-state index contributed by atoms with van der Waals surface area (Å²) >= 11 is 0. The molecule has 4 nitrogen and oxygen atoms in total. The van der Waals surface area contributed by atoms with Crippen LogP contribution in [0.4, 0.5) is 5.69 Å². The zero-order chi connectivity index (χ0) is 11.3. The molecule has 0 aliphatic heterocycles. The number of nitrogens with zero attached hydrogens (tertiary/aromatic N) is 2. The van der Waals surface area contributed by atoms with Crippen LogP contribution >= 0.6 is 0 Å². The van der Waals surface area contributed by atoms with E-state index in [9.17, 15) is 0 Å². The molecule has 0 radical (unpaired) electrons. The molecule has 0 saturated heterocycles. The SMILES string of the molecule is COCC(C)N(C)c1ccncc1CN. The summed E-state index contributed by atoms with van der Waals surface area (Å²) < 4.78 is 5.13. The Labute approximate surface area is 91.1 Å². The predicted molar refractivity (Wildman–Crippen MR) is 61.9 cm³/mol. The zero-order valence-electron chi connectivity index (χ0n) is 9.60. The number of rotatable bonds is 5. The smallest absolute Gasteiger partial charge is 0.0663 e. The maximum absolute atomic E-state index is 5.66. The molecule has 1 aromatic rings. The van der Waals surface area contributed by atoms with Crippen molar-refractivity contribution in [3.05, 3.63) is 24.0 Å². The number of aromatic nitrogens is 1. The van der Waals surface area contributed by atoms with Crippen molar-refractivity contribution in [3.63, 3.8) is 0 Å². The molecule has 4 heteroatoms. The fourth-order valence-corrected chi connectivity index (χ4v) is 1.51. The summed E-state index contributed by atoms with van der Waals surface area (Å²) in [6, 6.07) is 2.30. The Morgan fingerprint density at radius 2 is 2.33 bits per heavy atom. The highest BCUT2D eigenvalue weighted by atomic mass is 16.5. The fraction of sp³-hybridized carbons (Fsp3) is 0.545. The van der Waals surface area contributed by atoms with Crippen LogP contribution in [0.1, 0.15) is 12.5 Å². The highest BCUT2D eigenvalue weighted by molar-refractivity contribution is 5.52. The van der Waals surface area contributed by atoms with E-state index in [1.807, 2.05) is 19.3 Å². The lowest BCUT2D eigenvalue weighted by Crippen LogP contribution is -2.33. The number of hydrogen-bond acceptors (Lipinski definition) is 4. The minimum absolute atomic E-state index is 0.322. The lowest BCUT2D eigenvalue weighted by Gasteiger charge is -2.28. The van der Waals surface area contributed by atoms with Gasteiger partial charge in [0.05, 0.1) is 6.61 Å². The summed E-state index contributed by atoms with van der Waals surface area (Å²) in [7, 11) is 3.75. The Morgan fingerprint density at radius 1 is 1.60 bits per heavy atom. The van der Waals surface area contributed by atoms with Crippen molar-refractivity contribution in [1.29, 1.82) is 0 Å². The summed E-state index contributed by atoms with van der Waals surface area (Å²) in [6.07, 6.45) is 3.59. The lowest BCUT2D eigenvalue weighted by atomic mass is 10.2. The van der Waals surface area contributed by atoms with Gasteiger partial charge >= 0.3 is 0 Å². The molecule has 84 valence electrons. The van der Waals surface area contributed by atoms with E-state index in [0.717, 1.165) is 11.3 Å². The number of hydrogen-bond donors (Lipinski definition) is 1. The molecule has 1 rings (SSSR count). The lowest BCUT2D eigenvalue weighted by molar-refractivity contribution is 0.183. The standard InChI is InChI=1S/C11H19N3O/c1-9(8-15-3)14(2)11-4-5-13-7-10(11)6-12/h4-5,7,9H,6,8,12H2,1-3H3. The Hall–Kier alpha value is -1.13. The van der Waals surface area contributed by atoms with Gasteiger partial charge in [0.2, 0.25) is 0 Å². The second-order valence-electron chi connectivity index (χ2n) is 3.62. The van der Waals surface area contributed by atoms with Crippen LogP contribution in [0.25, 0.3) is 0 Å². The average Bonchev–Trinajstić information content (AvgIpc) is 2.28. The van der Waals surface area contributed by atoms with Crippen molar-refractivity contribution in [1.82, 2.24) is 4.98 Å². The maximum Gasteiger partial charge on any atom is 0.0663 e. The molecule has 1 atom stereocenters. The number of pyridine rings is 1. The third kappa shape index (κ3) is 2.91. The molecule has 0 spiro atoms. The van der Waals surface area contributed by atoms with Crippen molar-refractivity contribution in [2.24, 2.45) is 5.73 Å². The fourth-order valence-electron chi connectivity index (χ4n) is 1.51.